The summed E-state index contributed by atoms with van der Waals surface area (Å²) in [5.41, 5.74) is 6.21. The van der Waals surface area contributed by atoms with Crippen molar-refractivity contribution in [1.82, 2.24) is 14.8 Å². The number of nitrogens with zero attached hydrogens (tertiary/aromatic N) is 3. The maximum Gasteiger partial charge on any atom is 0.436 e. The van der Waals surface area contributed by atoms with Crippen LogP contribution in [-0.4, -0.2) is 20.5 Å². The Balaban J connectivity index is 1.72. The molecule has 0 fully saturated rings. The van der Waals surface area contributed by atoms with E-state index < -0.39 is 47.6 Å². The Morgan fingerprint density at radius 3 is 2.40 bits per heavy atom. The first-order valence-corrected chi connectivity index (χ1v) is 12.6. The van der Waals surface area contributed by atoms with Gasteiger partial charge in [-0.2, -0.15) is 18.3 Å². The summed E-state index contributed by atoms with van der Waals surface area (Å²) in [6.45, 7) is 3.09. The lowest BCUT2D eigenvalue weighted by atomic mass is 9.86. The van der Waals surface area contributed by atoms with E-state index >= 15 is 0 Å². The van der Waals surface area contributed by atoms with Gasteiger partial charge in [-0.3, -0.25) is 14.5 Å². The first-order chi connectivity index (χ1) is 18.8. The van der Waals surface area contributed by atoms with E-state index in [-0.39, 0.29) is 34.1 Å². The van der Waals surface area contributed by atoms with Gasteiger partial charge in [-0.1, -0.05) is 18.7 Å². The number of alkyl halides is 3. The molecule has 1 atom stereocenters. The molecule has 2 N–H and O–H groups in total. The van der Waals surface area contributed by atoms with E-state index in [1.54, 1.807) is 12.1 Å². The van der Waals surface area contributed by atoms with E-state index in [0.717, 1.165) is 23.0 Å². The predicted octanol–water partition coefficient (Wildman–Crippen LogP) is 7.06. The Morgan fingerprint density at radius 2 is 1.77 bits per heavy atom. The fraction of sp³-hybridized carbons (Fsp3) is 0.179. The van der Waals surface area contributed by atoms with E-state index in [9.17, 15) is 31.1 Å². The molecular weight excluding hydrogens is 602 g/mol. The number of aromatic nitrogens is 3. The first-order valence-electron chi connectivity index (χ1n) is 11.8. The van der Waals surface area contributed by atoms with Crippen LogP contribution in [0.3, 0.4) is 0 Å². The second kappa shape index (κ2) is 11.7. The number of nitrogens with two attached hydrogens (primary N) is 1. The number of halogens is 7. The minimum Gasteiger partial charge on any atom is -0.399 e. The summed E-state index contributed by atoms with van der Waals surface area (Å²) in [6.07, 6.45) is -2.49. The zero-order valence-corrected chi connectivity index (χ0v) is 22.2. The van der Waals surface area contributed by atoms with Crippen molar-refractivity contribution in [2.45, 2.75) is 31.5 Å². The lowest BCUT2D eigenvalue weighted by molar-refractivity contribution is -0.142. The van der Waals surface area contributed by atoms with Gasteiger partial charge in [0.2, 0.25) is 0 Å². The van der Waals surface area contributed by atoms with Crippen molar-refractivity contribution in [2.24, 2.45) is 5.73 Å². The first kappa shape index (κ1) is 29.1. The zero-order chi connectivity index (χ0) is 29.2. The van der Waals surface area contributed by atoms with Crippen molar-refractivity contribution in [3.63, 3.8) is 0 Å². The molecule has 0 radical (unpaired) electrons. The fourth-order valence-electron chi connectivity index (χ4n) is 4.39. The zero-order valence-electron chi connectivity index (χ0n) is 20.7. The summed E-state index contributed by atoms with van der Waals surface area (Å²) in [5.74, 6) is -3.48. The summed E-state index contributed by atoms with van der Waals surface area (Å²) < 4.78 is 82.3. The molecule has 0 amide bonds. The van der Waals surface area contributed by atoms with Crippen LogP contribution in [0, 0.1) is 17.5 Å². The Morgan fingerprint density at radius 1 is 1.07 bits per heavy atom. The molecule has 2 aromatic carbocycles. The third kappa shape index (κ3) is 6.79. The van der Waals surface area contributed by atoms with Gasteiger partial charge in [-0.05, 0) is 63.8 Å². The molecule has 0 aliphatic carbocycles. The normalized spacial score (nSPS) is 12.4. The van der Waals surface area contributed by atoms with E-state index in [4.69, 9.17) is 5.73 Å². The Labute approximate surface area is 233 Å². The summed E-state index contributed by atoms with van der Waals surface area (Å²) >= 11 is 2.81. The van der Waals surface area contributed by atoms with Crippen LogP contribution < -0.4 is 5.73 Å². The van der Waals surface area contributed by atoms with Gasteiger partial charge in [-0.25, -0.2) is 13.2 Å². The van der Waals surface area contributed by atoms with Crippen LogP contribution in [0.5, 0.6) is 0 Å². The van der Waals surface area contributed by atoms with Crippen LogP contribution in [0.2, 0.25) is 0 Å². The van der Waals surface area contributed by atoms with E-state index in [2.05, 4.69) is 32.6 Å². The Hall–Kier alpha value is -3.93. The molecule has 0 aliphatic rings. The van der Waals surface area contributed by atoms with Crippen LogP contribution in [0.1, 0.15) is 34.9 Å². The summed E-state index contributed by atoms with van der Waals surface area (Å²) in [5, 5.41) is 3.46. The largest absolute Gasteiger partial charge is 0.436 e. The highest BCUT2D eigenvalue weighted by Gasteiger charge is 2.37. The number of Topliss-reactive ketones (excluding diaryl/α,β-unsaturated/α-hetero) is 1. The molecule has 0 saturated heterocycles. The van der Waals surface area contributed by atoms with E-state index in [1.807, 2.05) is 0 Å². The molecule has 4 aromatic rings. The molecule has 2 heterocycles. The maximum absolute atomic E-state index is 14.3. The van der Waals surface area contributed by atoms with Crippen LogP contribution in [0.4, 0.5) is 26.3 Å². The molecule has 0 bridgehead atoms. The minimum atomic E-state index is -4.72. The van der Waals surface area contributed by atoms with E-state index in [0.29, 0.717) is 22.9 Å². The molecule has 5 nitrogen and oxygen atoms in total. The van der Waals surface area contributed by atoms with Gasteiger partial charge in [0.25, 0.3) is 0 Å². The lowest BCUT2D eigenvalue weighted by Crippen LogP contribution is -2.18. The average molecular weight is 623 g/mol. The number of ketones is 1. The van der Waals surface area contributed by atoms with Gasteiger partial charge in [0.15, 0.2) is 11.5 Å². The molecule has 0 aliphatic heterocycles. The number of carbonyl (C=O) groups is 1. The number of pyridine rings is 1. The molecule has 12 heteroatoms. The second-order valence-corrected chi connectivity index (χ2v) is 9.95. The Bertz CT molecular complexity index is 1560. The quantitative estimate of drug-likeness (QED) is 0.203. The predicted molar refractivity (Wildman–Crippen MR) is 140 cm³/mol. The summed E-state index contributed by atoms with van der Waals surface area (Å²) in [6, 6.07) is 10.4. The number of hydrogen-bond donors (Lipinski definition) is 1. The molecule has 2 aromatic heterocycles. The van der Waals surface area contributed by atoms with Crippen molar-refractivity contribution in [3.05, 3.63) is 112 Å². The van der Waals surface area contributed by atoms with Gasteiger partial charge < -0.3 is 5.73 Å². The number of rotatable bonds is 9. The number of benzene rings is 2. The van der Waals surface area contributed by atoms with Gasteiger partial charge in [0.05, 0.1) is 16.7 Å². The van der Waals surface area contributed by atoms with Crippen molar-refractivity contribution < 1.29 is 31.1 Å². The highest BCUT2D eigenvalue weighted by Crippen LogP contribution is 2.35. The van der Waals surface area contributed by atoms with Gasteiger partial charge in [0.1, 0.15) is 17.5 Å². The molecule has 0 unspecified atom stereocenters. The van der Waals surface area contributed by atoms with Gasteiger partial charge >= 0.3 is 6.18 Å². The standard InChI is InChI=1S/C28H21BrF6N4O/c1-15(36)23-11-17(4-5-25(23)32)22-3-2-6-37-26(22)18(7-16-8-19(30)12-20(31)9-16)10-21(40)13-39-14-24(29)27(38-39)28(33,34)35/h2-6,8-9,11-12,14,18H,1,7,10,13,36H2/t18-/m1/s1. The Kier molecular flexibility index (Phi) is 8.48. The third-order valence-corrected chi connectivity index (χ3v) is 6.63. The summed E-state index contributed by atoms with van der Waals surface area (Å²) in [4.78, 5) is 17.6. The van der Waals surface area contributed by atoms with Crippen LogP contribution in [-0.2, 0) is 23.9 Å². The molecule has 208 valence electrons. The SMILES string of the molecule is C=C(N)c1cc(-c2cccnc2[C@@H](CC(=O)Cn2cc(Br)c(C(F)(F)F)n2)Cc2cc(F)cc(F)c2)ccc1F. The highest BCUT2D eigenvalue weighted by molar-refractivity contribution is 9.10. The number of hydrogen-bond acceptors (Lipinski definition) is 4. The highest BCUT2D eigenvalue weighted by atomic mass is 79.9. The third-order valence-electron chi connectivity index (χ3n) is 6.05. The molecule has 4 rings (SSSR count). The van der Waals surface area contributed by atoms with Gasteiger partial charge in [0, 0.05) is 47.6 Å². The second-order valence-electron chi connectivity index (χ2n) is 9.10. The fourth-order valence-corrected chi connectivity index (χ4v) is 4.94. The topological polar surface area (TPSA) is 73.8 Å². The summed E-state index contributed by atoms with van der Waals surface area (Å²) in [7, 11) is 0. The van der Waals surface area contributed by atoms with Crippen molar-refractivity contribution in [2.75, 3.05) is 0 Å². The lowest BCUT2D eigenvalue weighted by Gasteiger charge is -2.20. The monoisotopic (exact) mass is 622 g/mol. The van der Waals surface area contributed by atoms with Crippen LogP contribution in [0.15, 0.2) is 72.0 Å². The van der Waals surface area contributed by atoms with Crippen LogP contribution in [0.25, 0.3) is 16.8 Å². The minimum absolute atomic E-state index is 0.00429. The van der Waals surface area contributed by atoms with Crippen LogP contribution >= 0.6 is 15.9 Å². The smallest absolute Gasteiger partial charge is 0.399 e. The van der Waals surface area contributed by atoms with E-state index in [1.165, 1.54) is 24.4 Å². The molecular formula is C28H21BrF6N4O. The maximum atomic E-state index is 14.3. The van der Waals surface area contributed by atoms with Crippen molar-refractivity contribution in [1.29, 1.82) is 0 Å². The number of carbonyl (C=O) groups excluding carboxylic acids is 1. The molecule has 40 heavy (non-hydrogen) atoms. The van der Waals surface area contributed by atoms with Crippen molar-refractivity contribution >= 4 is 27.4 Å². The van der Waals surface area contributed by atoms with Crippen molar-refractivity contribution in [3.8, 4) is 11.1 Å². The molecule has 0 saturated carbocycles. The molecule has 0 spiro atoms. The van der Waals surface area contributed by atoms with Gasteiger partial charge in [-0.15, -0.1) is 0 Å². The average Bonchev–Trinajstić information content (AvgIpc) is 3.23.